The Morgan fingerprint density at radius 2 is 2.12 bits per heavy atom. The SMILES string of the molecule is CC[C@]12OC(=O)C=C1CC(Sc1ccccc1)CN1CCCC[C@@H]12. The van der Waals surface area contributed by atoms with Gasteiger partial charge in [-0.25, -0.2) is 4.79 Å². The van der Waals surface area contributed by atoms with Crippen LogP contribution in [-0.4, -0.2) is 40.9 Å². The Labute approximate surface area is 148 Å². The number of hydrogen-bond acceptors (Lipinski definition) is 4. The van der Waals surface area contributed by atoms with E-state index in [-0.39, 0.29) is 11.6 Å². The number of benzene rings is 1. The number of fused-ring (bicyclic) bond motifs is 3. The number of hydrogen-bond donors (Lipinski definition) is 0. The Bertz CT molecular complexity index is 644. The molecule has 3 aliphatic rings. The molecule has 24 heavy (non-hydrogen) atoms. The lowest BCUT2D eigenvalue weighted by Gasteiger charge is -2.44. The summed E-state index contributed by atoms with van der Waals surface area (Å²) in [6.45, 7) is 4.38. The lowest BCUT2D eigenvalue weighted by atomic mass is 9.79. The van der Waals surface area contributed by atoms with Crippen LogP contribution in [0.2, 0.25) is 0 Å². The number of rotatable bonds is 3. The van der Waals surface area contributed by atoms with Crippen molar-refractivity contribution >= 4 is 17.7 Å². The Kier molecular flexibility index (Phi) is 4.44. The minimum Gasteiger partial charge on any atom is -0.450 e. The molecule has 1 aromatic carbocycles. The minimum absolute atomic E-state index is 0.136. The van der Waals surface area contributed by atoms with Gasteiger partial charge in [0.1, 0.15) is 5.60 Å². The molecule has 3 nitrogen and oxygen atoms in total. The fourth-order valence-electron chi connectivity index (χ4n) is 4.67. The van der Waals surface area contributed by atoms with E-state index in [0.29, 0.717) is 11.3 Å². The second kappa shape index (κ2) is 6.57. The molecule has 3 heterocycles. The maximum Gasteiger partial charge on any atom is 0.331 e. The summed E-state index contributed by atoms with van der Waals surface area (Å²) in [4.78, 5) is 16.0. The molecule has 128 valence electrons. The number of ether oxygens (including phenoxy) is 1. The highest BCUT2D eigenvalue weighted by molar-refractivity contribution is 8.00. The van der Waals surface area contributed by atoms with Crippen molar-refractivity contribution in [1.29, 1.82) is 0 Å². The number of carbonyl (C=O) groups is 1. The second-order valence-corrected chi connectivity index (χ2v) is 8.47. The van der Waals surface area contributed by atoms with Gasteiger partial charge in [-0.05, 0) is 49.9 Å². The molecular weight excluding hydrogens is 318 g/mol. The first-order chi connectivity index (χ1) is 11.7. The van der Waals surface area contributed by atoms with Crippen LogP contribution in [0.25, 0.3) is 0 Å². The van der Waals surface area contributed by atoms with E-state index in [4.69, 9.17) is 4.74 Å². The van der Waals surface area contributed by atoms with Crippen molar-refractivity contribution in [3.8, 4) is 0 Å². The van der Waals surface area contributed by atoms with Crippen LogP contribution < -0.4 is 0 Å². The predicted octanol–water partition coefficient (Wildman–Crippen LogP) is 4.04. The van der Waals surface area contributed by atoms with Gasteiger partial charge in [0.25, 0.3) is 0 Å². The normalized spacial score (nSPS) is 33.2. The molecule has 0 amide bonds. The van der Waals surface area contributed by atoms with Crippen LogP contribution in [-0.2, 0) is 9.53 Å². The summed E-state index contributed by atoms with van der Waals surface area (Å²) in [7, 11) is 0. The standard InChI is InChI=1S/C20H25NO2S/c1-2-20-15(13-19(22)23-20)12-17(24-16-8-4-3-5-9-16)14-21-11-7-6-10-18(20)21/h3-5,8-9,13,17-18H,2,6-7,10-12,14H2,1H3/t17?,18-,20+/m1/s1. The third-order valence-corrected chi connectivity index (χ3v) is 6.92. The number of carbonyl (C=O) groups excluding carboxylic acids is 1. The van der Waals surface area contributed by atoms with Crippen molar-refractivity contribution in [3.63, 3.8) is 0 Å². The van der Waals surface area contributed by atoms with Gasteiger partial charge in [0, 0.05) is 22.8 Å². The van der Waals surface area contributed by atoms with Crippen molar-refractivity contribution in [2.75, 3.05) is 13.1 Å². The first kappa shape index (κ1) is 16.2. The smallest absolute Gasteiger partial charge is 0.331 e. The molecule has 1 unspecified atom stereocenters. The lowest BCUT2D eigenvalue weighted by Crippen LogP contribution is -2.55. The summed E-state index contributed by atoms with van der Waals surface area (Å²) < 4.78 is 5.97. The Balaban J connectivity index is 1.66. The molecule has 0 saturated carbocycles. The predicted molar refractivity (Wildman–Crippen MR) is 97.1 cm³/mol. The Hall–Kier alpha value is -1.26. The van der Waals surface area contributed by atoms with Crippen molar-refractivity contribution in [3.05, 3.63) is 42.0 Å². The largest absolute Gasteiger partial charge is 0.450 e. The summed E-state index contributed by atoms with van der Waals surface area (Å²) in [5.74, 6) is -0.136. The van der Waals surface area contributed by atoms with E-state index >= 15 is 0 Å². The van der Waals surface area contributed by atoms with E-state index in [2.05, 4.69) is 42.2 Å². The van der Waals surface area contributed by atoms with E-state index in [1.807, 2.05) is 11.8 Å². The van der Waals surface area contributed by atoms with Crippen molar-refractivity contribution in [2.24, 2.45) is 0 Å². The molecule has 0 spiro atoms. The topological polar surface area (TPSA) is 29.5 Å². The first-order valence-electron chi connectivity index (χ1n) is 9.11. The van der Waals surface area contributed by atoms with Crippen molar-refractivity contribution < 1.29 is 9.53 Å². The molecule has 4 rings (SSSR count). The summed E-state index contributed by atoms with van der Waals surface area (Å²) in [5.41, 5.74) is 0.863. The van der Waals surface area contributed by atoms with Crippen LogP contribution >= 0.6 is 11.8 Å². The van der Waals surface area contributed by atoms with Crippen LogP contribution in [0.5, 0.6) is 0 Å². The quantitative estimate of drug-likeness (QED) is 0.775. The van der Waals surface area contributed by atoms with Gasteiger partial charge in [0.15, 0.2) is 0 Å². The van der Waals surface area contributed by atoms with Crippen molar-refractivity contribution in [2.45, 2.75) is 60.8 Å². The molecule has 0 N–H and O–H groups in total. The number of nitrogens with zero attached hydrogens (tertiary/aromatic N) is 1. The van der Waals surface area contributed by atoms with Gasteiger partial charge in [-0.2, -0.15) is 0 Å². The Morgan fingerprint density at radius 1 is 1.29 bits per heavy atom. The van der Waals surface area contributed by atoms with Crippen molar-refractivity contribution in [1.82, 2.24) is 4.90 Å². The summed E-state index contributed by atoms with van der Waals surface area (Å²) in [5, 5.41) is 0.474. The molecule has 4 heteroatoms. The third-order valence-electron chi connectivity index (χ3n) is 5.73. The zero-order valence-corrected chi connectivity index (χ0v) is 15.1. The average molecular weight is 343 g/mol. The summed E-state index contributed by atoms with van der Waals surface area (Å²) in [6.07, 6.45) is 7.26. The zero-order chi connectivity index (χ0) is 16.6. The van der Waals surface area contributed by atoms with Crippen LogP contribution in [0.3, 0.4) is 0 Å². The molecular formula is C20H25NO2S. The molecule has 1 aromatic rings. The molecule has 0 bridgehead atoms. The van der Waals surface area contributed by atoms with Gasteiger partial charge in [-0.15, -0.1) is 11.8 Å². The van der Waals surface area contributed by atoms with Gasteiger partial charge < -0.3 is 4.74 Å². The van der Waals surface area contributed by atoms with E-state index in [9.17, 15) is 4.79 Å². The monoisotopic (exact) mass is 343 g/mol. The lowest BCUT2D eigenvalue weighted by molar-refractivity contribution is -0.153. The summed E-state index contributed by atoms with van der Waals surface area (Å²) in [6, 6.07) is 11.0. The van der Waals surface area contributed by atoms with Gasteiger partial charge in [0.05, 0.1) is 6.04 Å². The number of esters is 1. The van der Waals surface area contributed by atoms with Crippen LogP contribution in [0.1, 0.15) is 39.0 Å². The fraction of sp³-hybridized carbons (Fsp3) is 0.550. The molecule has 2 saturated heterocycles. The second-order valence-electron chi connectivity index (χ2n) is 7.10. The number of thioether (sulfide) groups is 1. The molecule has 0 radical (unpaired) electrons. The molecule has 0 aromatic heterocycles. The first-order valence-corrected chi connectivity index (χ1v) is 9.99. The number of piperidine rings is 1. The van der Waals surface area contributed by atoms with E-state index in [1.165, 1.54) is 23.3 Å². The van der Waals surface area contributed by atoms with Gasteiger partial charge in [-0.3, -0.25) is 4.90 Å². The summed E-state index contributed by atoms with van der Waals surface area (Å²) >= 11 is 1.94. The molecule has 3 atom stereocenters. The van der Waals surface area contributed by atoms with Crippen LogP contribution in [0.15, 0.2) is 46.9 Å². The van der Waals surface area contributed by atoms with E-state index in [0.717, 1.165) is 32.4 Å². The third kappa shape index (κ3) is 2.80. The molecule has 3 aliphatic heterocycles. The van der Waals surface area contributed by atoms with Gasteiger partial charge >= 0.3 is 5.97 Å². The average Bonchev–Trinajstić information content (AvgIpc) is 2.86. The molecule has 0 aliphatic carbocycles. The van der Waals surface area contributed by atoms with E-state index in [1.54, 1.807) is 6.08 Å². The maximum absolute atomic E-state index is 12.1. The minimum atomic E-state index is -0.372. The van der Waals surface area contributed by atoms with Crippen LogP contribution in [0.4, 0.5) is 0 Å². The highest BCUT2D eigenvalue weighted by atomic mass is 32.2. The Morgan fingerprint density at radius 3 is 2.92 bits per heavy atom. The maximum atomic E-state index is 12.1. The van der Waals surface area contributed by atoms with E-state index < -0.39 is 0 Å². The fourth-order valence-corrected chi connectivity index (χ4v) is 5.90. The highest BCUT2D eigenvalue weighted by Gasteiger charge is 2.53. The van der Waals surface area contributed by atoms with Gasteiger partial charge in [0.2, 0.25) is 0 Å². The van der Waals surface area contributed by atoms with Gasteiger partial charge in [-0.1, -0.05) is 31.5 Å². The molecule has 2 fully saturated rings. The highest BCUT2D eigenvalue weighted by Crippen LogP contribution is 2.47. The zero-order valence-electron chi connectivity index (χ0n) is 14.2. The van der Waals surface area contributed by atoms with Crippen LogP contribution in [0, 0.1) is 0 Å².